The fraction of sp³-hybridized carbons (Fsp3) is 0.588. The maximum Gasteiger partial charge on any atom is 0.226 e. The van der Waals surface area contributed by atoms with E-state index >= 15 is 0 Å². The Bertz CT molecular complexity index is 534. The van der Waals surface area contributed by atoms with E-state index in [1.54, 1.807) is 0 Å². The van der Waals surface area contributed by atoms with Gasteiger partial charge in [0.15, 0.2) is 0 Å². The molecule has 1 aromatic carbocycles. The van der Waals surface area contributed by atoms with Crippen LogP contribution in [0.1, 0.15) is 12.0 Å². The average molecular weight is 305 g/mol. The Hall–Kier alpha value is -1.06. The summed E-state index contributed by atoms with van der Waals surface area (Å²) in [6, 6.07) is 8.10. The zero-order chi connectivity index (χ0) is 14.4. The molecular formula is C17H21ClN2O. The van der Waals surface area contributed by atoms with Crippen molar-refractivity contribution in [3.63, 3.8) is 0 Å². The normalized spacial score (nSPS) is 34.0. The van der Waals surface area contributed by atoms with Gasteiger partial charge in [-0.15, -0.1) is 0 Å². The molecule has 1 amide bonds. The maximum absolute atomic E-state index is 12.5. The number of carbonyl (C=O) groups excluding carboxylic acids is 1. The molecule has 3 fully saturated rings. The van der Waals surface area contributed by atoms with Crippen molar-refractivity contribution >= 4 is 17.5 Å². The summed E-state index contributed by atoms with van der Waals surface area (Å²) in [5.74, 6) is 2.62. The minimum absolute atomic E-state index is 0.334. The number of halogens is 1. The Balaban J connectivity index is 1.32. The molecule has 2 heterocycles. The Morgan fingerprint density at radius 2 is 1.95 bits per heavy atom. The van der Waals surface area contributed by atoms with E-state index in [0.717, 1.165) is 44.0 Å². The van der Waals surface area contributed by atoms with E-state index in [-0.39, 0.29) is 0 Å². The van der Waals surface area contributed by atoms with E-state index in [2.05, 4.69) is 22.3 Å². The second-order valence-corrected chi connectivity index (χ2v) is 7.22. The first-order valence-corrected chi connectivity index (χ1v) is 8.34. The van der Waals surface area contributed by atoms with E-state index in [0.29, 0.717) is 29.6 Å². The fourth-order valence-electron chi connectivity index (χ4n) is 4.15. The lowest BCUT2D eigenvalue weighted by Gasteiger charge is -2.18. The quantitative estimate of drug-likeness (QED) is 0.928. The highest BCUT2D eigenvalue weighted by Gasteiger charge is 2.58. The molecule has 4 atom stereocenters. The van der Waals surface area contributed by atoms with E-state index in [4.69, 9.17) is 11.6 Å². The summed E-state index contributed by atoms with van der Waals surface area (Å²) in [5, 5.41) is 4.15. The molecule has 0 aromatic heterocycles. The van der Waals surface area contributed by atoms with Crippen molar-refractivity contribution in [3.05, 3.63) is 34.9 Å². The van der Waals surface area contributed by atoms with Crippen molar-refractivity contribution in [1.82, 2.24) is 10.2 Å². The zero-order valence-corrected chi connectivity index (χ0v) is 12.9. The van der Waals surface area contributed by atoms with Crippen LogP contribution in [0, 0.1) is 23.7 Å². The number of hydrogen-bond acceptors (Lipinski definition) is 2. The van der Waals surface area contributed by atoms with Crippen LogP contribution >= 0.6 is 11.6 Å². The minimum Gasteiger partial charge on any atom is -0.342 e. The number of carbonyl (C=O) groups is 1. The first-order valence-electron chi connectivity index (χ1n) is 7.96. The van der Waals surface area contributed by atoms with Gasteiger partial charge in [0.25, 0.3) is 0 Å². The topological polar surface area (TPSA) is 32.3 Å². The van der Waals surface area contributed by atoms with Crippen LogP contribution in [0.15, 0.2) is 24.3 Å². The van der Waals surface area contributed by atoms with Gasteiger partial charge in [-0.05, 0) is 61.4 Å². The van der Waals surface area contributed by atoms with Crippen molar-refractivity contribution in [1.29, 1.82) is 0 Å². The molecule has 2 saturated heterocycles. The summed E-state index contributed by atoms with van der Waals surface area (Å²) in [7, 11) is 0. The van der Waals surface area contributed by atoms with Crippen molar-refractivity contribution in [2.45, 2.75) is 12.8 Å². The second kappa shape index (κ2) is 5.29. The van der Waals surface area contributed by atoms with E-state index in [9.17, 15) is 4.79 Å². The Kier molecular flexibility index (Phi) is 3.43. The number of benzene rings is 1. The number of nitrogens with one attached hydrogen (secondary N) is 1. The molecule has 1 N–H and O–H groups in total. The molecule has 1 aromatic rings. The number of nitrogens with zero attached hydrogens (tertiary/aromatic N) is 1. The van der Waals surface area contributed by atoms with Crippen molar-refractivity contribution in [3.8, 4) is 0 Å². The van der Waals surface area contributed by atoms with Crippen LogP contribution in [0.4, 0.5) is 0 Å². The highest BCUT2D eigenvalue weighted by atomic mass is 35.5. The van der Waals surface area contributed by atoms with Gasteiger partial charge in [-0.2, -0.15) is 0 Å². The monoisotopic (exact) mass is 304 g/mol. The Morgan fingerprint density at radius 3 is 2.67 bits per heavy atom. The second-order valence-electron chi connectivity index (χ2n) is 6.78. The smallest absolute Gasteiger partial charge is 0.226 e. The van der Waals surface area contributed by atoms with E-state index < -0.39 is 0 Å². The molecule has 2 unspecified atom stereocenters. The number of hydrogen-bond donors (Lipinski definition) is 1. The Labute approximate surface area is 130 Å². The van der Waals surface area contributed by atoms with Gasteiger partial charge in [-0.3, -0.25) is 4.79 Å². The molecule has 2 aliphatic heterocycles. The first-order chi connectivity index (χ1) is 10.2. The maximum atomic E-state index is 12.5. The van der Waals surface area contributed by atoms with Crippen molar-refractivity contribution < 1.29 is 4.79 Å². The van der Waals surface area contributed by atoms with Gasteiger partial charge in [0.2, 0.25) is 5.91 Å². The summed E-state index contributed by atoms with van der Waals surface area (Å²) < 4.78 is 0. The van der Waals surface area contributed by atoms with Crippen LogP contribution in [0.2, 0.25) is 5.02 Å². The highest BCUT2D eigenvalue weighted by Crippen LogP contribution is 2.50. The van der Waals surface area contributed by atoms with Crippen LogP contribution in [0.25, 0.3) is 0 Å². The van der Waals surface area contributed by atoms with Gasteiger partial charge in [0.1, 0.15) is 0 Å². The molecule has 21 heavy (non-hydrogen) atoms. The molecule has 3 aliphatic rings. The van der Waals surface area contributed by atoms with Crippen molar-refractivity contribution in [2.24, 2.45) is 23.7 Å². The van der Waals surface area contributed by atoms with Crippen LogP contribution < -0.4 is 5.32 Å². The molecule has 0 radical (unpaired) electrons. The van der Waals surface area contributed by atoms with Gasteiger partial charge >= 0.3 is 0 Å². The SMILES string of the molecule is O=C(C1[C@H]2CNC[C@@H]12)N1CCC(Cc2ccc(Cl)cc2)C1. The van der Waals surface area contributed by atoms with Gasteiger partial charge in [-0.25, -0.2) is 0 Å². The number of fused-ring (bicyclic) bond motifs is 1. The molecular weight excluding hydrogens is 284 g/mol. The molecule has 0 bridgehead atoms. The standard InChI is InChI=1S/C17H21ClN2O/c18-13-3-1-11(2-4-13)7-12-5-6-20(10-12)17(21)16-14-8-19-9-15(14)16/h1-4,12,14-16,19H,5-10H2/t12?,14-,15+,16?. The molecule has 4 rings (SSSR count). The van der Waals surface area contributed by atoms with E-state index in [1.165, 1.54) is 5.56 Å². The molecule has 3 nitrogen and oxygen atoms in total. The lowest BCUT2D eigenvalue weighted by atomic mass is 9.99. The number of piperidine rings is 1. The fourth-order valence-corrected chi connectivity index (χ4v) is 4.27. The van der Waals surface area contributed by atoms with Gasteiger partial charge in [-0.1, -0.05) is 23.7 Å². The molecule has 112 valence electrons. The van der Waals surface area contributed by atoms with Crippen LogP contribution in [0.5, 0.6) is 0 Å². The third-order valence-corrected chi connectivity index (χ3v) is 5.66. The largest absolute Gasteiger partial charge is 0.342 e. The van der Waals surface area contributed by atoms with Crippen LogP contribution in [-0.2, 0) is 11.2 Å². The van der Waals surface area contributed by atoms with Crippen LogP contribution in [-0.4, -0.2) is 37.0 Å². The predicted molar refractivity (Wildman–Crippen MR) is 83.2 cm³/mol. The molecule has 1 aliphatic carbocycles. The number of rotatable bonds is 3. The van der Waals surface area contributed by atoms with E-state index in [1.807, 2.05) is 12.1 Å². The Morgan fingerprint density at radius 1 is 1.24 bits per heavy atom. The number of amides is 1. The lowest BCUT2D eigenvalue weighted by Crippen LogP contribution is -2.33. The number of likely N-dealkylation sites (tertiary alicyclic amines) is 1. The first kappa shape index (κ1) is 13.6. The predicted octanol–water partition coefficient (Wildman–Crippen LogP) is 2.20. The summed E-state index contributed by atoms with van der Waals surface area (Å²) in [4.78, 5) is 14.7. The molecule has 1 saturated carbocycles. The molecule has 4 heteroatoms. The third kappa shape index (κ3) is 2.58. The van der Waals surface area contributed by atoms with Crippen molar-refractivity contribution in [2.75, 3.05) is 26.2 Å². The average Bonchev–Trinajstić information content (AvgIpc) is 2.86. The van der Waals surface area contributed by atoms with Gasteiger partial charge in [0, 0.05) is 24.0 Å². The van der Waals surface area contributed by atoms with Gasteiger partial charge < -0.3 is 10.2 Å². The summed E-state index contributed by atoms with van der Waals surface area (Å²) in [5.41, 5.74) is 1.33. The lowest BCUT2D eigenvalue weighted by molar-refractivity contribution is -0.132. The third-order valence-electron chi connectivity index (χ3n) is 5.41. The summed E-state index contributed by atoms with van der Waals surface area (Å²) in [6.07, 6.45) is 2.19. The highest BCUT2D eigenvalue weighted by molar-refractivity contribution is 6.30. The zero-order valence-electron chi connectivity index (χ0n) is 12.1. The van der Waals surface area contributed by atoms with Gasteiger partial charge in [0.05, 0.1) is 0 Å². The van der Waals surface area contributed by atoms with Crippen LogP contribution in [0.3, 0.4) is 0 Å². The summed E-state index contributed by atoms with van der Waals surface area (Å²) in [6.45, 7) is 3.97. The molecule has 0 spiro atoms. The minimum atomic E-state index is 0.334. The summed E-state index contributed by atoms with van der Waals surface area (Å²) >= 11 is 5.92.